The zero-order valence-corrected chi connectivity index (χ0v) is 11.6. The first kappa shape index (κ1) is 12.0. The molecule has 0 saturated carbocycles. The number of nitrogens with zero attached hydrogens (tertiary/aromatic N) is 1. The first-order valence-electron chi connectivity index (χ1n) is 6.03. The van der Waals surface area contributed by atoms with E-state index in [0.29, 0.717) is 0 Å². The first-order chi connectivity index (χ1) is 9.26. The number of fused-ring (bicyclic) bond motifs is 1. The summed E-state index contributed by atoms with van der Waals surface area (Å²) in [7, 11) is 1.69. The number of hydrogen-bond donors (Lipinski definition) is 1. The molecule has 1 N–H and O–H groups in total. The molecule has 2 aromatic carbocycles. The van der Waals surface area contributed by atoms with Crippen molar-refractivity contribution >= 4 is 32.4 Å². The highest BCUT2D eigenvalue weighted by Crippen LogP contribution is 2.32. The van der Waals surface area contributed by atoms with E-state index in [-0.39, 0.29) is 0 Å². The summed E-state index contributed by atoms with van der Waals surface area (Å²) in [5.41, 5.74) is 3.15. The van der Waals surface area contributed by atoms with E-state index in [0.717, 1.165) is 32.3 Å². The van der Waals surface area contributed by atoms with Crippen LogP contribution in [0.3, 0.4) is 0 Å². The van der Waals surface area contributed by atoms with Crippen LogP contribution in [0.5, 0.6) is 5.75 Å². The van der Waals surface area contributed by atoms with Crippen LogP contribution in [-0.2, 0) is 0 Å². The number of benzene rings is 2. The van der Waals surface area contributed by atoms with Crippen LogP contribution < -0.4 is 10.1 Å². The van der Waals surface area contributed by atoms with Gasteiger partial charge in [0.2, 0.25) is 0 Å². The zero-order chi connectivity index (χ0) is 13.2. The van der Waals surface area contributed by atoms with E-state index in [1.807, 2.05) is 43.3 Å². The van der Waals surface area contributed by atoms with Gasteiger partial charge in [0.15, 0.2) is 5.13 Å². The van der Waals surface area contributed by atoms with E-state index >= 15 is 0 Å². The minimum atomic E-state index is 0.897. The maximum Gasteiger partial charge on any atom is 0.188 e. The summed E-state index contributed by atoms with van der Waals surface area (Å²) < 4.78 is 6.46. The van der Waals surface area contributed by atoms with Crippen molar-refractivity contribution in [2.75, 3.05) is 12.4 Å². The van der Waals surface area contributed by atoms with Crippen LogP contribution in [-0.4, -0.2) is 12.1 Å². The third kappa shape index (κ3) is 2.39. The monoisotopic (exact) mass is 270 g/mol. The Morgan fingerprint density at radius 2 is 1.95 bits per heavy atom. The van der Waals surface area contributed by atoms with E-state index in [2.05, 4.69) is 16.4 Å². The van der Waals surface area contributed by atoms with Crippen LogP contribution in [0.2, 0.25) is 0 Å². The summed E-state index contributed by atoms with van der Waals surface area (Å²) in [6, 6.07) is 14.2. The topological polar surface area (TPSA) is 34.1 Å². The van der Waals surface area contributed by atoms with Gasteiger partial charge in [0.25, 0.3) is 0 Å². The predicted octanol–water partition coefficient (Wildman–Crippen LogP) is 4.36. The molecule has 3 rings (SSSR count). The van der Waals surface area contributed by atoms with Crippen LogP contribution in [0.25, 0.3) is 10.2 Å². The van der Waals surface area contributed by atoms with Crippen molar-refractivity contribution in [2.24, 2.45) is 0 Å². The lowest BCUT2D eigenvalue weighted by Gasteiger charge is -2.02. The summed E-state index contributed by atoms with van der Waals surface area (Å²) in [5.74, 6) is 0.905. The van der Waals surface area contributed by atoms with E-state index in [9.17, 15) is 0 Å². The Hall–Kier alpha value is -2.07. The van der Waals surface area contributed by atoms with Gasteiger partial charge >= 0.3 is 0 Å². The van der Waals surface area contributed by atoms with Crippen molar-refractivity contribution in [3.05, 3.63) is 48.0 Å². The second-order valence-corrected chi connectivity index (χ2v) is 5.33. The van der Waals surface area contributed by atoms with Gasteiger partial charge in [-0.2, -0.15) is 0 Å². The van der Waals surface area contributed by atoms with Crippen LogP contribution >= 0.6 is 11.3 Å². The summed E-state index contributed by atoms with van der Waals surface area (Å²) in [4.78, 5) is 4.60. The largest absolute Gasteiger partial charge is 0.496 e. The number of aryl methyl sites for hydroxylation is 1. The Labute approximate surface area is 115 Å². The third-order valence-electron chi connectivity index (χ3n) is 2.93. The molecule has 0 saturated heterocycles. The van der Waals surface area contributed by atoms with E-state index in [1.165, 1.54) is 0 Å². The van der Waals surface area contributed by atoms with E-state index in [4.69, 9.17) is 4.74 Å². The van der Waals surface area contributed by atoms with Gasteiger partial charge in [0.05, 0.1) is 17.3 Å². The SMILES string of the molecule is COc1cc2sc(Nc3ccccc3)nc2cc1C. The molecule has 0 atom stereocenters. The number of ether oxygens (including phenoxy) is 1. The fourth-order valence-corrected chi connectivity index (χ4v) is 2.87. The smallest absolute Gasteiger partial charge is 0.188 e. The fraction of sp³-hybridized carbons (Fsp3) is 0.133. The molecule has 3 aromatic rings. The average Bonchev–Trinajstić information content (AvgIpc) is 2.80. The van der Waals surface area contributed by atoms with Crippen molar-refractivity contribution in [3.8, 4) is 5.75 Å². The van der Waals surface area contributed by atoms with E-state index < -0.39 is 0 Å². The van der Waals surface area contributed by atoms with Crippen molar-refractivity contribution in [2.45, 2.75) is 6.92 Å². The molecule has 0 bridgehead atoms. The van der Waals surface area contributed by atoms with E-state index in [1.54, 1.807) is 18.4 Å². The van der Waals surface area contributed by atoms with Gasteiger partial charge in [-0.15, -0.1) is 0 Å². The lowest BCUT2D eigenvalue weighted by Crippen LogP contribution is -1.88. The number of nitrogens with one attached hydrogen (secondary N) is 1. The minimum absolute atomic E-state index is 0.897. The van der Waals surface area contributed by atoms with Crippen molar-refractivity contribution < 1.29 is 4.74 Å². The minimum Gasteiger partial charge on any atom is -0.496 e. The molecule has 0 unspecified atom stereocenters. The number of anilines is 2. The third-order valence-corrected chi connectivity index (χ3v) is 3.86. The Morgan fingerprint density at radius 3 is 2.68 bits per heavy atom. The highest BCUT2D eigenvalue weighted by atomic mass is 32.1. The standard InChI is InChI=1S/C15H14N2OS/c1-10-8-12-14(9-13(10)18-2)19-15(17-12)16-11-6-4-3-5-7-11/h3-9H,1-2H3,(H,16,17). The number of hydrogen-bond acceptors (Lipinski definition) is 4. The van der Waals surface area contributed by atoms with Gasteiger partial charge in [-0.25, -0.2) is 4.98 Å². The van der Waals surface area contributed by atoms with Gasteiger partial charge < -0.3 is 10.1 Å². The Balaban J connectivity index is 1.98. The number of thiazole rings is 1. The maximum absolute atomic E-state index is 5.34. The van der Waals surface area contributed by atoms with Crippen molar-refractivity contribution in [1.82, 2.24) is 4.98 Å². The quantitative estimate of drug-likeness (QED) is 0.768. The number of aromatic nitrogens is 1. The molecule has 0 spiro atoms. The Morgan fingerprint density at radius 1 is 1.16 bits per heavy atom. The molecule has 0 aliphatic carbocycles. The van der Waals surface area contributed by atoms with Gasteiger partial charge in [0, 0.05) is 5.69 Å². The van der Waals surface area contributed by atoms with Gasteiger partial charge in [-0.05, 0) is 36.8 Å². The van der Waals surface area contributed by atoms with Crippen molar-refractivity contribution in [3.63, 3.8) is 0 Å². The second-order valence-electron chi connectivity index (χ2n) is 4.30. The van der Waals surface area contributed by atoms with Crippen LogP contribution in [0, 0.1) is 6.92 Å². The average molecular weight is 270 g/mol. The molecule has 19 heavy (non-hydrogen) atoms. The van der Waals surface area contributed by atoms with Gasteiger partial charge in [-0.3, -0.25) is 0 Å². The highest BCUT2D eigenvalue weighted by molar-refractivity contribution is 7.22. The highest BCUT2D eigenvalue weighted by Gasteiger charge is 2.07. The zero-order valence-electron chi connectivity index (χ0n) is 10.8. The van der Waals surface area contributed by atoms with Gasteiger partial charge in [0.1, 0.15) is 5.75 Å². The summed E-state index contributed by atoms with van der Waals surface area (Å²) in [5, 5.41) is 4.21. The fourth-order valence-electron chi connectivity index (χ4n) is 1.98. The van der Waals surface area contributed by atoms with Crippen LogP contribution in [0.1, 0.15) is 5.56 Å². The lowest BCUT2D eigenvalue weighted by atomic mass is 10.2. The van der Waals surface area contributed by atoms with Crippen LogP contribution in [0.15, 0.2) is 42.5 Å². The Bertz CT molecular complexity index is 707. The molecule has 0 fully saturated rings. The molecule has 0 radical (unpaired) electrons. The maximum atomic E-state index is 5.34. The normalized spacial score (nSPS) is 10.6. The molecule has 0 aliphatic heterocycles. The molecular formula is C15H14N2OS. The summed E-state index contributed by atoms with van der Waals surface area (Å²) in [6.45, 7) is 2.03. The van der Waals surface area contributed by atoms with Crippen molar-refractivity contribution in [1.29, 1.82) is 0 Å². The molecule has 3 nitrogen and oxygen atoms in total. The molecule has 0 aliphatic rings. The molecule has 96 valence electrons. The molecular weight excluding hydrogens is 256 g/mol. The number of methoxy groups -OCH3 is 1. The van der Waals surface area contributed by atoms with Crippen LogP contribution in [0.4, 0.5) is 10.8 Å². The first-order valence-corrected chi connectivity index (χ1v) is 6.85. The summed E-state index contributed by atoms with van der Waals surface area (Å²) >= 11 is 1.63. The predicted molar refractivity (Wildman–Crippen MR) is 80.6 cm³/mol. The molecule has 0 amide bonds. The summed E-state index contributed by atoms with van der Waals surface area (Å²) in [6.07, 6.45) is 0. The molecule has 1 aromatic heterocycles. The number of para-hydroxylation sites is 1. The molecule has 4 heteroatoms. The Kier molecular flexibility index (Phi) is 3.09. The van der Waals surface area contributed by atoms with Gasteiger partial charge in [-0.1, -0.05) is 29.5 Å². The lowest BCUT2D eigenvalue weighted by molar-refractivity contribution is 0.412. The second kappa shape index (κ2) is 4.90. The number of rotatable bonds is 3. The molecule has 1 heterocycles.